The first kappa shape index (κ1) is 19.4. The number of hydrogen-bond donors (Lipinski definition) is 1. The van der Waals surface area contributed by atoms with Gasteiger partial charge in [0, 0.05) is 4.90 Å². The van der Waals surface area contributed by atoms with E-state index in [0.29, 0.717) is 16.5 Å². The highest BCUT2D eigenvalue weighted by molar-refractivity contribution is 7.98. The normalized spacial score (nSPS) is 11.4. The molecule has 0 saturated heterocycles. The minimum atomic E-state index is 0.275. The van der Waals surface area contributed by atoms with Crippen molar-refractivity contribution in [2.24, 2.45) is 5.10 Å². The van der Waals surface area contributed by atoms with Gasteiger partial charge in [-0.25, -0.2) is 5.10 Å². The number of H-pyrrole nitrogens is 1. The fraction of sp³-hybridized carbons (Fsp3) is 0.250. The molecule has 0 atom stereocenters. The van der Waals surface area contributed by atoms with Gasteiger partial charge in [0.25, 0.3) is 0 Å². The summed E-state index contributed by atoms with van der Waals surface area (Å²) < 4.78 is 7.85. The Bertz CT molecular complexity index is 957. The van der Waals surface area contributed by atoms with E-state index in [1.807, 2.05) is 24.3 Å². The summed E-state index contributed by atoms with van der Waals surface area (Å²) >= 11 is 6.98. The van der Waals surface area contributed by atoms with Crippen molar-refractivity contribution in [2.45, 2.75) is 31.3 Å². The molecule has 5 nitrogen and oxygen atoms in total. The maximum Gasteiger partial charge on any atom is 0.216 e. The van der Waals surface area contributed by atoms with Gasteiger partial charge >= 0.3 is 0 Å². The van der Waals surface area contributed by atoms with Crippen LogP contribution in [-0.2, 0) is 6.61 Å². The van der Waals surface area contributed by atoms with Crippen LogP contribution in [0.25, 0.3) is 0 Å². The second-order valence-corrected chi connectivity index (χ2v) is 7.55. The summed E-state index contributed by atoms with van der Waals surface area (Å²) in [6.45, 7) is 4.61. The van der Waals surface area contributed by atoms with Crippen LogP contribution >= 0.6 is 24.0 Å². The molecule has 140 valence electrons. The van der Waals surface area contributed by atoms with Gasteiger partial charge in [0.2, 0.25) is 4.77 Å². The number of hydrogen-bond acceptors (Lipinski definition) is 5. The highest BCUT2D eigenvalue weighted by atomic mass is 32.2. The van der Waals surface area contributed by atoms with Crippen LogP contribution in [0.4, 0.5) is 0 Å². The van der Waals surface area contributed by atoms with E-state index in [1.165, 1.54) is 10.5 Å². The third kappa shape index (κ3) is 5.08. The van der Waals surface area contributed by atoms with Gasteiger partial charge in [-0.15, -0.1) is 11.8 Å². The Morgan fingerprint density at radius 1 is 1.19 bits per heavy atom. The average Bonchev–Trinajstić information content (AvgIpc) is 3.05. The molecule has 7 heteroatoms. The second kappa shape index (κ2) is 9.01. The van der Waals surface area contributed by atoms with Crippen molar-refractivity contribution in [1.82, 2.24) is 14.9 Å². The van der Waals surface area contributed by atoms with E-state index < -0.39 is 0 Å². The number of nitrogens with one attached hydrogen (secondary N) is 1. The molecule has 0 aliphatic heterocycles. The Labute approximate surface area is 168 Å². The largest absolute Gasteiger partial charge is 0.486 e. The van der Waals surface area contributed by atoms with Gasteiger partial charge in [0.15, 0.2) is 5.82 Å². The minimum Gasteiger partial charge on any atom is -0.486 e. The van der Waals surface area contributed by atoms with Crippen LogP contribution in [-0.4, -0.2) is 27.3 Å². The first-order chi connectivity index (χ1) is 13.1. The molecule has 1 heterocycles. The molecule has 0 saturated carbocycles. The van der Waals surface area contributed by atoms with E-state index in [2.05, 4.69) is 59.7 Å². The molecule has 0 radical (unpaired) electrons. The molecular formula is C20H22N4OS2. The van der Waals surface area contributed by atoms with E-state index in [-0.39, 0.29) is 6.61 Å². The van der Waals surface area contributed by atoms with Gasteiger partial charge in [-0.2, -0.15) is 14.9 Å². The van der Waals surface area contributed by atoms with Gasteiger partial charge < -0.3 is 4.74 Å². The molecule has 3 aromatic rings. The maximum absolute atomic E-state index is 5.84. The third-order valence-electron chi connectivity index (χ3n) is 4.07. The zero-order valence-corrected chi connectivity index (χ0v) is 17.2. The Morgan fingerprint density at radius 3 is 2.52 bits per heavy atom. The van der Waals surface area contributed by atoms with Crippen molar-refractivity contribution in [3.05, 3.63) is 70.3 Å². The van der Waals surface area contributed by atoms with Crippen molar-refractivity contribution in [2.75, 3.05) is 6.26 Å². The number of ether oxygens (including phenoxy) is 1. The Kier molecular flexibility index (Phi) is 6.47. The van der Waals surface area contributed by atoms with Crippen LogP contribution in [0.1, 0.15) is 36.7 Å². The first-order valence-corrected chi connectivity index (χ1v) is 10.3. The van der Waals surface area contributed by atoms with Crippen molar-refractivity contribution < 1.29 is 4.74 Å². The molecule has 0 aliphatic rings. The second-order valence-electron chi connectivity index (χ2n) is 6.29. The van der Waals surface area contributed by atoms with Gasteiger partial charge in [-0.05, 0) is 59.8 Å². The summed E-state index contributed by atoms with van der Waals surface area (Å²) in [7, 11) is 0. The lowest BCUT2D eigenvalue weighted by Gasteiger charge is -2.08. The van der Waals surface area contributed by atoms with E-state index in [0.717, 1.165) is 11.3 Å². The summed E-state index contributed by atoms with van der Waals surface area (Å²) in [5.41, 5.74) is 2.27. The van der Waals surface area contributed by atoms with Crippen LogP contribution in [0.3, 0.4) is 0 Å². The molecule has 1 aromatic heterocycles. The molecule has 0 fully saturated rings. The molecular weight excluding hydrogens is 376 g/mol. The smallest absolute Gasteiger partial charge is 0.216 e. The molecule has 0 spiro atoms. The monoisotopic (exact) mass is 398 g/mol. The Balaban J connectivity index is 1.70. The summed E-state index contributed by atoms with van der Waals surface area (Å²) in [4.78, 5) is 1.21. The van der Waals surface area contributed by atoms with E-state index >= 15 is 0 Å². The van der Waals surface area contributed by atoms with Crippen molar-refractivity contribution >= 4 is 30.2 Å². The maximum atomic E-state index is 5.84. The number of rotatable bonds is 7. The number of aromatic amines is 1. The highest BCUT2D eigenvalue weighted by Gasteiger charge is 2.07. The summed E-state index contributed by atoms with van der Waals surface area (Å²) in [6, 6.07) is 16.3. The van der Waals surface area contributed by atoms with Gasteiger partial charge in [-0.1, -0.05) is 38.1 Å². The lowest BCUT2D eigenvalue weighted by atomic mass is 10.0. The number of thioether (sulfide) groups is 1. The molecule has 0 amide bonds. The number of benzene rings is 2. The molecule has 0 aliphatic carbocycles. The van der Waals surface area contributed by atoms with Crippen molar-refractivity contribution in [1.29, 1.82) is 0 Å². The van der Waals surface area contributed by atoms with E-state index in [4.69, 9.17) is 17.0 Å². The molecule has 27 heavy (non-hydrogen) atoms. The van der Waals surface area contributed by atoms with E-state index in [1.54, 1.807) is 22.7 Å². The molecule has 3 rings (SSSR count). The summed E-state index contributed by atoms with van der Waals surface area (Å²) in [6.07, 6.45) is 3.81. The molecule has 2 aromatic carbocycles. The lowest BCUT2D eigenvalue weighted by Crippen LogP contribution is -2.04. The SMILES string of the molecule is CSc1ccc(/C=N\n2c(COc3ccc(C(C)C)cc3)n[nH]c2=S)cc1. The quantitative estimate of drug-likeness (QED) is 0.336. The zero-order chi connectivity index (χ0) is 19.2. The van der Waals surface area contributed by atoms with Crippen LogP contribution in [0.2, 0.25) is 0 Å². The van der Waals surface area contributed by atoms with Crippen LogP contribution in [0.15, 0.2) is 58.5 Å². The lowest BCUT2D eigenvalue weighted by molar-refractivity contribution is 0.290. The topological polar surface area (TPSA) is 55.2 Å². The molecule has 0 unspecified atom stereocenters. The average molecular weight is 399 g/mol. The van der Waals surface area contributed by atoms with Gasteiger partial charge in [0.1, 0.15) is 12.4 Å². The van der Waals surface area contributed by atoms with Crippen LogP contribution in [0, 0.1) is 4.77 Å². The van der Waals surface area contributed by atoms with Crippen molar-refractivity contribution in [3.63, 3.8) is 0 Å². The summed E-state index contributed by atoms with van der Waals surface area (Å²) in [5.74, 6) is 1.90. The molecule has 1 N–H and O–H groups in total. The summed E-state index contributed by atoms with van der Waals surface area (Å²) in [5, 5.41) is 11.4. The fourth-order valence-corrected chi connectivity index (χ4v) is 3.05. The highest BCUT2D eigenvalue weighted by Crippen LogP contribution is 2.19. The van der Waals surface area contributed by atoms with Crippen LogP contribution < -0.4 is 4.74 Å². The number of nitrogens with zero attached hydrogens (tertiary/aromatic N) is 3. The first-order valence-electron chi connectivity index (χ1n) is 8.64. The predicted octanol–water partition coefficient (Wildman–Crippen LogP) is 5.25. The standard InChI is InChI=1S/C20H22N4OS2/c1-14(2)16-6-8-17(9-7-16)25-13-19-22-23-20(26)24(19)21-12-15-4-10-18(27-3)11-5-15/h4-12,14H,13H2,1-3H3,(H,23,26)/b21-12-. The zero-order valence-electron chi connectivity index (χ0n) is 15.5. The molecule has 0 bridgehead atoms. The fourth-order valence-electron chi connectivity index (χ4n) is 2.45. The Hall–Kier alpha value is -2.38. The minimum absolute atomic E-state index is 0.275. The van der Waals surface area contributed by atoms with Gasteiger partial charge in [-0.3, -0.25) is 0 Å². The van der Waals surface area contributed by atoms with Gasteiger partial charge in [0.05, 0.1) is 6.21 Å². The Morgan fingerprint density at radius 2 is 1.89 bits per heavy atom. The van der Waals surface area contributed by atoms with E-state index in [9.17, 15) is 0 Å². The number of aromatic nitrogens is 3. The predicted molar refractivity (Wildman–Crippen MR) is 113 cm³/mol. The van der Waals surface area contributed by atoms with Crippen molar-refractivity contribution in [3.8, 4) is 5.75 Å². The third-order valence-corrected chi connectivity index (χ3v) is 5.08. The van der Waals surface area contributed by atoms with Crippen LogP contribution in [0.5, 0.6) is 5.75 Å².